The Morgan fingerprint density at radius 2 is 1.89 bits per heavy atom. The number of nitrogens with one attached hydrogen (secondary N) is 1. The van der Waals surface area contributed by atoms with Crippen LogP contribution in [0.1, 0.15) is 47.3 Å². The van der Waals surface area contributed by atoms with Crippen molar-refractivity contribution in [2.75, 3.05) is 18.7 Å². The van der Waals surface area contributed by atoms with Gasteiger partial charge in [-0.3, -0.25) is 4.79 Å². The summed E-state index contributed by atoms with van der Waals surface area (Å²) >= 11 is 1.47. The number of carbonyl (C=O) groups excluding carboxylic acids is 1. The van der Waals surface area contributed by atoms with Crippen molar-refractivity contribution in [1.29, 1.82) is 0 Å². The maximum absolute atomic E-state index is 13.1. The Labute approximate surface area is 168 Å². The highest BCUT2D eigenvalue weighted by molar-refractivity contribution is 7.98. The van der Waals surface area contributed by atoms with E-state index in [0.717, 1.165) is 25.0 Å². The molecule has 0 radical (unpaired) electrons. The smallest absolute Gasteiger partial charge is 0.262 e. The maximum Gasteiger partial charge on any atom is 0.262 e. The van der Waals surface area contributed by atoms with Crippen molar-refractivity contribution >= 4 is 29.0 Å². The first-order chi connectivity index (χ1) is 13.7. The van der Waals surface area contributed by atoms with Crippen molar-refractivity contribution in [3.05, 3.63) is 47.3 Å². The molecule has 0 bridgehead atoms. The van der Waals surface area contributed by atoms with E-state index in [1.807, 2.05) is 41.2 Å². The van der Waals surface area contributed by atoms with Gasteiger partial charge in [0.05, 0.1) is 7.11 Å². The summed E-state index contributed by atoms with van der Waals surface area (Å²) < 4.78 is 7.07. The van der Waals surface area contributed by atoms with E-state index in [4.69, 9.17) is 9.84 Å². The first-order valence-corrected chi connectivity index (χ1v) is 10.8. The Hall–Kier alpha value is -2.54. The van der Waals surface area contributed by atoms with Gasteiger partial charge >= 0.3 is 0 Å². The van der Waals surface area contributed by atoms with E-state index in [2.05, 4.69) is 10.3 Å². The third-order valence-electron chi connectivity index (χ3n) is 5.18. The van der Waals surface area contributed by atoms with Gasteiger partial charge in [0.25, 0.3) is 5.91 Å². The van der Waals surface area contributed by atoms with Crippen LogP contribution in [0.2, 0.25) is 0 Å². The third kappa shape index (κ3) is 3.58. The zero-order valence-corrected chi connectivity index (χ0v) is 17.0. The number of thioether (sulfide) groups is 1. The zero-order chi connectivity index (χ0) is 19.5. The molecule has 1 aliphatic carbocycles. The summed E-state index contributed by atoms with van der Waals surface area (Å²) in [6, 6.07) is 7.29. The highest BCUT2D eigenvalue weighted by Gasteiger charge is 2.23. The van der Waals surface area contributed by atoms with Gasteiger partial charge in [0.1, 0.15) is 16.3 Å². The molecule has 0 aliphatic heterocycles. The number of benzene rings is 1. The lowest BCUT2D eigenvalue weighted by Crippen LogP contribution is -2.14. The van der Waals surface area contributed by atoms with Gasteiger partial charge in [-0.15, -0.1) is 11.8 Å². The average Bonchev–Trinajstić information content (AvgIpc) is 3.07. The van der Waals surface area contributed by atoms with Crippen LogP contribution in [-0.4, -0.2) is 33.9 Å². The first kappa shape index (κ1) is 18.8. The van der Waals surface area contributed by atoms with Gasteiger partial charge in [-0.1, -0.05) is 12.8 Å². The standard InChI is InChI=1S/C21H24N4O2S/c1-27-16-11-9-15(10-12-16)23-20(26)18-19-22-13-14-7-5-3-4-6-8-17(14)25(19)24-21(18)28-2/h9-13H,3-8H2,1-2H3,(H,23,26). The molecular weight excluding hydrogens is 372 g/mol. The largest absolute Gasteiger partial charge is 0.497 e. The number of methoxy groups -OCH3 is 1. The summed E-state index contributed by atoms with van der Waals surface area (Å²) in [5, 5.41) is 8.41. The van der Waals surface area contributed by atoms with E-state index in [1.54, 1.807) is 7.11 Å². The molecule has 1 aromatic carbocycles. The predicted molar refractivity (Wildman–Crippen MR) is 112 cm³/mol. The molecule has 2 aromatic heterocycles. The molecule has 0 saturated heterocycles. The third-order valence-corrected chi connectivity index (χ3v) is 5.85. The van der Waals surface area contributed by atoms with E-state index >= 15 is 0 Å². The first-order valence-electron chi connectivity index (χ1n) is 9.60. The maximum atomic E-state index is 13.1. The number of anilines is 1. The normalized spacial score (nSPS) is 14.2. The van der Waals surface area contributed by atoms with Crippen molar-refractivity contribution in [2.45, 2.75) is 43.6 Å². The summed E-state index contributed by atoms with van der Waals surface area (Å²) in [6.45, 7) is 0. The highest BCUT2D eigenvalue weighted by Crippen LogP contribution is 2.28. The van der Waals surface area contributed by atoms with Crippen LogP contribution in [0, 0.1) is 0 Å². The molecule has 7 heteroatoms. The van der Waals surface area contributed by atoms with E-state index in [1.165, 1.54) is 42.3 Å². The molecule has 0 atom stereocenters. The molecule has 0 unspecified atom stereocenters. The van der Waals surface area contributed by atoms with E-state index in [-0.39, 0.29) is 5.91 Å². The Balaban J connectivity index is 1.72. The molecule has 0 fully saturated rings. The quantitative estimate of drug-likeness (QED) is 0.663. The van der Waals surface area contributed by atoms with Gasteiger partial charge in [-0.2, -0.15) is 5.10 Å². The Kier molecular flexibility index (Phi) is 5.52. The van der Waals surface area contributed by atoms with Crippen LogP contribution >= 0.6 is 11.8 Å². The van der Waals surface area contributed by atoms with Crippen LogP contribution in [0.25, 0.3) is 5.65 Å². The number of fused-ring (bicyclic) bond motifs is 3. The van der Waals surface area contributed by atoms with Crippen LogP contribution < -0.4 is 10.1 Å². The Morgan fingerprint density at radius 3 is 2.61 bits per heavy atom. The molecule has 2 heterocycles. The number of aryl methyl sites for hydroxylation is 2. The van der Waals surface area contributed by atoms with Crippen molar-refractivity contribution in [3.63, 3.8) is 0 Å². The molecule has 0 saturated carbocycles. The lowest BCUT2D eigenvalue weighted by atomic mass is 9.98. The van der Waals surface area contributed by atoms with Crippen LogP contribution in [0.4, 0.5) is 5.69 Å². The van der Waals surface area contributed by atoms with Gasteiger partial charge in [-0.05, 0) is 61.8 Å². The molecule has 3 aromatic rings. The van der Waals surface area contributed by atoms with Crippen LogP contribution in [0.15, 0.2) is 35.5 Å². The number of aromatic nitrogens is 3. The van der Waals surface area contributed by atoms with Gasteiger partial charge < -0.3 is 10.1 Å². The molecule has 6 nitrogen and oxygen atoms in total. The summed E-state index contributed by atoms with van der Waals surface area (Å²) in [5.74, 6) is 0.557. The highest BCUT2D eigenvalue weighted by atomic mass is 32.2. The van der Waals surface area contributed by atoms with Crippen molar-refractivity contribution in [2.24, 2.45) is 0 Å². The minimum absolute atomic E-state index is 0.192. The Bertz CT molecular complexity index is 998. The van der Waals surface area contributed by atoms with Gasteiger partial charge in [0.2, 0.25) is 0 Å². The number of nitrogens with zero attached hydrogens (tertiary/aromatic N) is 3. The second-order valence-corrected chi connectivity index (χ2v) is 7.74. The van der Waals surface area contributed by atoms with E-state index in [9.17, 15) is 4.79 Å². The average molecular weight is 397 g/mol. The monoisotopic (exact) mass is 396 g/mol. The molecule has 146 valence electrons. The van der Waals surface area contributed by atoms with Gasteiger partial charge in [0.15, 0.2) is 5.65 Å². The molecule has 1 amide bonds. The summed E-state index contributed by atoms with van der Waals surface area (Å²) in [5.41, 5.74) is 4.33. The van der Waals surface area contributed by atoms with Crippen molar-refractivity contribution in [3.8, 4) is 5.75 Å². The summed E-state index contributed by atoms with van der Waals surface area (Å²) in [4.78, 5) is 17.7. The number of carbonyl (C=O) groups is 1. The fourth-order valence-corrected chi connectivity index (χ4v) is 4.24. The topological polar surface area (TPSA) is 68.5 Å². The Morgan fingerprint density at radius 1 is 1.14 bits per heavy atom. The van der Waals surface area contributed by atoms with Gasteiger partial charge in [-0.25, -0.2) is 9.50 Å². The minimum atomic E-state index is -0.192. The van der Waals surface area contributed by atoms with E-state index < -0.39 is 0 Å². The van der Waals surface area contributed by atoms with Gasteiger partial charge in [0, 0.05) is 17.6 Å². The fraction of sp³-hybridized carbons (Fsp3) is 0.381. The summed E-state index contributed by atoms with van der Waals surface area (Å²) in [7, 11) is 1.62. The molecule has 4 rings (SSSR count). The molecule has 28 heavy (non-hydrogen) atoms. The van der Waals surface area contributed by atoms with Crippen molar-refractivity contribution in [1.82, 2.24) is 14.6 Å². The number of rotatable bonds is 4. The van der Waals surface area contributed by atoms with Crippen LogP contribution in [-0.2, 0) is 12.8 Å². The SMILES string of the molecule is COc1ccc(NC(=O)c2c(SC)nn3c4c(cnc23)CCCCCC4)cc1. The molecule has 1 N–H and O–H groups in total. The lowest BCUT2D eigenvalue weighted by molar-refractivity contribution is 0.102. The number of hydrogen-bond donors (Lipinski definition) is 1. The van der Waals surface area contributed by atoms with E-state index in [0.29, 0.717) is 21.9 Å². The fourth-order valence-electron chi connectivity index (χ4n) is 3.69. The summed E-state index contributed by atoms with van der Waals surface area (Å²) in [6.07, 6.45) is 10.7. The minimum Gasteiger partial charge on any atom is -0.497 e. The zero-order valence-electron chi connectivity index (χ0n) is 16.2. The number of ether oxygens (including phenoxy) is 1. The van der Waals surface area contributed by atoms with Crippen molar-refractivity contribution < 1.29 is 9.53 Å². The lowest BCUT2D eigenvalue weighted by Gasteiger charge is -2.14. The number of amides is 1. The second kappa shape index (κ2) is 8.22. The molecule has 1 aliphatic rings. The molecular formula is C21H24N4O2S. The second-order valence-electron chi connectivity index (χ2n) is 6.95. The molecule has 0 spiro atoms. The van der Waals surface area contributed by atoms with Crippen LogP contribution in [0.5, 0.6) is 5.75 Å². The predicted octanol–water partition coefficient (Wildman–Crippen LogP) is 4.37. The number of hydrogen-bond acceptors (Lipinski definition) is 5. The van der Waals surface area contributed by atoms with Crippen LogP contribution in [0.3, 0.4) is 0 Å².